The van der Waals surface area contributed by atoms with Gasteiger partial charge in [-0.3, -0.25) is 0 Å². The average Bonchev–Trinajstić information content (AvgIpc) is 1.71. The van der Waals surface area contributed by atoms with Crippen LogP contribution in [0.1, 0.15) is 120 Å². The Morgan fingerprint density at radius 2 is 1.22 bits per heavy atom. The molecule has 7 fully saturated rings. The maximum absolute atomic E-state index is 14.1. The highest BCUT2D eigenvalue weighted by Gasteiger charge is 2.72. The Morgan fingerprint density at radius 3 is 1.83 bits per heavy atom. The molecule has 462 valence electrons. The third-order valence-electron chi connectivity index (χ3n) is 20.5. The van der Waals surface area contributed by atoms with Crippen molar-refractivity contribution in [3.05, 3.63) is 83.4 Å². The van der Waals surface area contributed by atoms with Crippen LogP contribution >= 0.6 is 0 Å². The van der Waals surface area contributed by atoms with Crippen LogP contribution in [0.3, 0.4) is 0 Å². The minimum atomic E-state index is -1.67. The monoisotopic (exact) mass is 1170 g/mol. The van der Waals surface area contributed by atoms with E-state index in [0.29, 0.717) is 49.7 Å². The predicted molar refractivity (Wildman–Crippen MR) is 293 cm³/mol. The third-order valence-corrected chi connectivity index (χ3v) is 20.5. The Balaban J connectivity index is 0.760. The van der Waals surface area contributed by atoms with Gasteiger partial charge < -0.3 is 92.2 Å². The minimum Gasteiger partial charge on any atom is -0.459 e. The lowest BCUT2D eigenvalue weighted by molar-refractivity contribution is -0.373. The molecule has 4 aliphatic carbocycles. The van der Waals surface area contributed by atoms with E-state index < -0.39 is 152 Å². The van der Waals surface area contributed by atoms with Gasteiger partial charge in [-0.15, -0.1) is 0 Å². The molecule has 83 heavy (non-hydrogen) atoms. The Labute approximate surface area is 486 Å². The summed E-state index contributed by atoms with van der Waals surface area (Å²) >= 11 is 0. The molecule has 2 aromatic rings. The van der Waals surface area contributed by atoms with Crippen LogP contribution in [-0.2, 0) is 61.6 Å². The van der Waals surface area contributed by atoms with Gasteiger partial charge >= 0.3 is 11.9 Å². The standard InChI is InChI=1S/C62H88O21/c1-31(76-56(68)35-16-12-10-13-17-35)39-23-25-62(70)40-21-20-37-26-38(22-24-60(37,5)41(40)27-45(61(39,62)6)80-57(69)36-18-14-11-15-19-36)78-46-28-42(71-7)52(32(2)74-46)81-47-29-43(72-8)53(33(3)75-47)82-59-51(67)55(73-9)54(34(4)77-59)83-58-50(66)49(65)48(64)44(30-63)79-58/h10-20,31-34,38-55,58-59,63-67,70H,21-30H2,1-9H3. The predicted octanol–water partition coefficient (Wildman–Crippen LogP) is 4.52. The maximum Gasteiger partial charge on any atom is 0.338 e. The Kier molecular flexibility index (Phi) is 19.3. The van der Waals surface area contributed by atoms with Crippen molar-refractivity contribution in [1.29, 1.82) is 0 Å². The second kappa shape index (κ2) is 25.6. The summed E-state index contributed by atoms with van der Waals surface area (Å²) in [7, 11) is 4.56. The van der Waals surface area contributed by atoms with Gasteiger partial charge in [0.15, 0.2) is 25.2 Å². The molecule has 0 bridgehead atoms. The van der Waals surface area contributed by atoms with Crippen molar-refractivity contribution in [1.82, 2.24) is 0 Å². The van der Waals surface area contributed by atoms with Crippen LogP contribution in [0.25, 0.3) is 0 Å². The first kappa shape index (κ1) is 62.5. The van der Waals surface area contributed by atoms with Crippen LogP contribution in [0, 0.1) is 28.6 Å². The van der Waals surface area contributed by atoms with Gasteiger partial charge in [-0.25, -0.2) is 9.59 Å². The van der Waals surface area contributed by atoms with Gasteiger partial charge in [-0.1, -0.05) is 61.9 Å². The maximum atomic E-state index is 14.1. The highest BCUT2D eigenvalue weighted by atomic mass is 16.8. The zero-order valence-electron chi connectivity index (χ0n) is 49.1. The number of benzene rings is 2. The molecule has 4 saturated heterocycles. The molecule has 21 nitrogen and oxygen atoms in total. The van der Waals surface area contributed by atoms with Crippen LogP contribution in [-0.4, -0.2) is 205 Å². The number of hydrogen-bond donors (Lipinski definition) is 6. The van der Waals surface area contributed by atoms with E-state index >= 15 is 0 Å². The summed E-state index contributed by atoms with van der Waals surface area (Å²) in [4.78, 5) is 27.5. The van der Waals surface area contributed by atoms with E-state index in [1.165, 1.54) is 12.7 Å². The van der Waals surface area contributed by atoms with Crippen molar-refractivity contribution in [2.45, 2.75) is 234 Å². The molecular formula is C62H88O21. The molecule has 0 aromatic heterocycles. The lowest BCUT2D eigenvalue weighted by atomic mass is 9.44. The zero-order valence-corrected chi connectivity index (χ0v) is 49.1. The number of fused-ring (bicyclic) bond motifs is 5. The largest absolute Gasteiger partial charge is 0.459 e. The summed E-state index contributed by atoms with van der Waals surface area (Å²) in [6, 6.07) is 17.9. The second-order valence-electron chi connectivity index (χ2n) is 24.9. The number of hydrogen-bond acceptors (Lipinski definition) is 21. The molecule has 0 radical (unpaired) electrons. The number of ether oxygens (including phenoxy) is 13. The van der Waals surface area contributed by atoms with Gasteiger partial charge in [-0.05, 0) is 114 Å². The first-order chi connectivity index (χ1) is 39.7. The van der Waals surface area contributed by atoms with Gasteiger partial charge in [0.2, 0.25) is 0 Å². The van der Waals surface area contributed by atoms with Gasteiger partial charge in [-0.2, -0.15) is 0 Å². The Bertz CT molecular complexity index is 2520. The molecule has 27 atom stereocenters. The summed E-state index contributed by atoms with van der Waals surface area (Å²) < 4.78 is 81.2. The summed E-state index contributed by atoms with van der Waals surface area (Å²) in [5.74, 6) is -1.29. The molecule has 6 N–H and O–H groups in total. The smallest absolute Gasteiger partial charge is 0.338 e. The first-order valence-electron chi connectivity index (χ1n) is 29.8. The number of allylic oxidation sites excluding steroid dienone is 1. The van der Waals surface area contributed by atoms with E-state index in [1.54, 1.807) is 57.5 Å². The number of methoxy groups -OCH3 is 3. The van der Waals surface area contributed by atoms with Gasteiger partial charge in [0, 0.05) is 45.5 Å². The van der Waals surface area contributed by atoms with Crippen LogP contribution < -0.4 is 0 Å². The number of carbonyl (C=O) groups is 2. The minimum absolute atomic E-state index is 0.00960. The number of aliphatic hydroxyl groups excluding tert-OH is 5. The highest BCUT2D eigenvalue weighted by molar-refractivity contribution is 5.90. The van der Waals surface area contributed by atoms with Crippen LogP contribution in [0.5, 0.6) is 0 Å². The fourth-order valence-electron chi connectivity index (χ4n) is 15.8. The number of esters is 2. The summed E-state index contributed by atoms with van der Waals surface area (Å²) in [5.41, 5.74) is -0.301. The first-order valence-corrected chi connectivity index (χ1v) is 29.8. The molecule has 27 unspecified atom stereocenters. The fraction of sp³-hybridized carbons (Fsp3) is 0.742. The van der Waals surface area contributed by atoms with Crippen LogP contribution in [0.4, 0.5) is 0 Å². The van der Waals surface area contributed by atoms with Crippen molar-refractivity contribution in [2.24, 2.45) is 28.6 Å². The van der Waals surface area contributed by atoms with Crippen LogP contribution in [0.2, 0.25) is 0 Å². The second-order valence-corrected chi connectivity index (χ2v) is 24.9. The average molecular weight is 1170 g/mol. The molecule has 21 heteroatoms. The SMILES string of the molecule is COC1CC(OC2CCC3(C)C(=CCC4C3CC(OC(=O)c3ccccc3)C3(C)C(C(C)OC(=O)c5ccccc5)CCC43O)C2)OC(C)C1OC1CC(OC)C(OC2OC(C)C(OC3OC(CO)C(O)C(O)C3O)C(OC)C2O)C(C)O1. The van der Waals surface area contributed by atoms with Crippen molar-refractivity contribution in [3.8, 4) is 0 Å². The molecule has 8 aliphatic rings. The van der Waals surface area contributed by atoms with Gasteiger partial charge in [0.1, 0.15) is 67.1 Å². The molecule has 0 spiro atoms. The number of rotatable bonds is 17. The molecule has 4 heterocycles. The molecule has 3 saturated carbocycles. The summed E-state index contributed by atoms with van der Waals surface area (Å²) in [6.45, 7) is 11.0. The lowest BCUT2D eigenvalue weighted by Crippen LogP contribution is -2.67. The normalized spacial score (nSPS) is 45.7. The molecule has 2 aromatic carbocycles. The van der Waals surface area contributed by atoms with Crippen molar-refractivity contribution < 1.29 is 102 Å². The van der Waals surface area contributed by atoms with Gasteiger partial charge in [0.25, 0.3) is 0 Å². The van der Waals surface area contributed by atoms with Crippen molar-refractivity contribution in [3.63, 3.8) is 0 Å². The highest BCUT2D eigenvalue weighted by Crippen LogP contribution is 2.69. The van der Waals surface area contributed by atoms with E-state index in [0.717, 1.165) is 12.8 Å². The van der Waals surface area contributed by atoms with E-state index in [9.17, 15) is 40.2 Å². The Hall–Kier alpha value is -3.56. The van der Waals surface area contributed by atoms with Crippen molar-refractivity contribution in [2.75, 3.05) is 27.9 Å². The fourth-order valence-corrected chi connectivity index (χ4v) is 15.8. The van der Waals surface area contributed by atoms with E-state index in [-0.39, 0.29) is 35.7 Å². The molecule has 10 rings (SSSR count). The molecular weight excluding hydrogens is 1080 g/mol. The van der Waals surface area contributed by atoms with E-state index in [4.69, 9.17) is 61.6 Å². The topological polar surface area (TPSA) is 276 Å². The lowest BCUT2D eigenvalue weighted by Gasteiger charge is -2.63. The quantitative estimate of drug-likeness (QED) is 0.0938. The number of aliphatic hydroxyl groups is 6. The third kappa shape index (κ3) is 11.9. The van der Waals surface area contributed by atoms with E-state index in [1.807, 2.05) is 45.0 Å². The van der Waals surface area contributed by atoms with Crippen molar-refractivity contribution >= 4 is 11.9 Å². The zero-order chi connectivity index (χ0) is 59.3. The van der Waals surface area contributed by atoms with Gasteiger partial charge in [0.05, 0.1) is 60.0 Å². The summed E-state index contributed by atoms with van der Waals surface area (Å²) in [6.07, 6.45) is -11.9. The molecule has 4 aliphatic heterocycles. The number of carbonyl (C=O) groups excluding carboxylic acids is 2. The Morgan fingerprint density at radius 1 is 0.639 bits per heavy atom. The summed E-state index contributed by atoms with van der Waals surface area (Å²) in [5, 5.41) is 65.9. The molecule has 0 amide bonds. The van der Waals surface area contributed by atoms with E-state index in [2.05, 4.69) is 19.9 Å². The van der Waals surface area contributed by atoms with Crippen LogP contribution in [0.15, 0.2) is 72.3 Å².